The molecular formula is C25H44N2. The van der Waals surface area contributed by atoms with Crippen molar-refractivity contribution < 1.29 is 0 Å². The Bertz CT molecular complexity index is 523. The van der Waals surface area contributed by atoms with Gasteiger partial charge in [-0.2, -0.15) is 0 Å². The molecule has 0 saturated heterocycles. The first-order valence-electron chi connectivity index (χ1n) is 11.9. The molecule has 0 saturated carbocycles. The van der Waals surface area contributed by atoms with Gasteiger partial charge in [-0.1, -0.05) is 90.4 Å². The van der Waals surface area contributed by atoms with Gasteiger partial charge in [-0.15, -0.1) is 0 Å². The fraction of sp³-hybridized carbons (Fsp3) is 0.800. The lowest BCUT2D eigenvalue weighted by Crippen LogP contribution is -2.14. The minimum Gasteiger partial charge on any atom is -0.359 e. The average Bonchev–Trinajstić information content (AvgIpc) is 3.03. The molecule has 0 bridgehead atoms. The number of aryl methyl sites for hydroxylation is 2. The van der Waals surface area contributed by atoms with Crippen LogP contribution in [0.3, 0.4) is 0 Å². The maximum atomic E-state index is 4.92. The number of rotatable bonds is 15. The fourth-order valence-corrected chi connectivity index (χ4v) is 4.39. The second-order valence-electron chi connectivity index (χ2n) is 8.75. The summed E-state index contributed by atoms with van der Waals surface area (Å²) in [5, 5.41) is 0. The zero-order chi connectivity index (χ0) is 19.3. The molecule has 0 N–H and O–H groups in total. The van der Waals surface area contributed by atoms with Crippen LogP contribution in [0, 0.1) is 6.92 Å². The van der Waals surface area contributed by atoms with E-state index in [0.29, 0.717) is 0 Å². The van der Waals surface area contributed by atoms with Crippen LogP contribution < -0.4 is 4.90 Å². The van der Waals surface area contributed by atoms with Gasteiger partial charge in [0.15, 0.2) is 0 Å². The van der Waals surface area contributed by atoms with Crippen molar-refractivity contribution >= 4 is 5.82 Å². The van der Waals surface area contributed by atoms with E-state index >= 15 is 0 Å². The highest BCUT2D eigenvalue weighted by atomic mass is 15.2. The van der Waals surface area contributed by atoms with Crippen molar-refractivity contribution in [1.29, 1.82) is 0 Å². The first kappa shape index (κ1) is 22.2. The van der Waals surface area contributed by atoms with Crippen LogP contribution in [0.4, 0.5) is 5.82 Å². The first-order chi connectivity index (χ1) is 13.2. The summed E-state index contributed by atoms with van der Waals surface area (Å²) in [6, 6.07) is 2.33. The summed E-state index contributed by atoms with van der Waals surface area (Å²) in [6.45, 7) is 5.68. The second kappa shape index (κ2) is 13.2. The number of pyridine rings is 1. The Morgan fingerprint density at radius 3 is 1.89 bits per heavy atom. The van der Waals surface area contributed by atoms with Crippen LogP contribution >= 0.6 is 0 Å². The lowest BCUT2D eigenvalue weighted by molar-refractivity contribution is 0.535. The highest BCUT2D eigenvalue weighted by Gasteiger charge is 2.19. The van der Waals surface area contributed by atoms with Gasteiger partial charge >= 0.3 is 0 Å². The van der Waals surface area contributed by atoms with E-state index in [1.807, 2.05) is 0 Å². The predicted molar refractivity (Wildman–Crippen MR) is 120 cm³/mol. The van der Waals surface area contributed by atoms with E-state index in [1.165, 1.54) is 119 Å². The van der Waals surface area contributed by atoms with E-state index in [9.17, 15) is 0 Å². The Morgan fingerprint density at radius 2 is 1.33 bits per heavy atom. The van der Waals surface area contributed by atoms with Gasteiger partial charge in [0.05, 0.1) is 0 Å². The van der Waals surface area contributed by atoms with E-state index in [2.05, 4.69) is 31.9 Å². The summed E-state index contributed by atoms with van der Waals surface area (Å²) < 4.78 is 0. The molecule has 2 nitrogen and oxygen atoms in total. The summed E-state index contributed by atoms with van der Waals surface area (Å²) in [4.78, 5) is 7.24. The molecule has 0 fully saturated rings. The molecule has 27 heavy (non-hydrogen) atoms. The lowest BCUT2D eigenvalue weighted by atomic mass is 10.0. The van der Waals surface area contributed by atoms with E-state index < -0.39 is 0 Å². The van der Waals surface area contributed by atoms with E-state index in [-0.39, 0.29) is 0 Å². The topological polar surface area (TPSA) is 16.1 Å². The van der Waals surface area contributed by atoms with Gasteiger partial charge in [0, 0.05) is 19.3 Å². The van der Waals surface area contributed by atoms with Gasteiger partial charge in [0.25, 0.3) is 0 Å². The van der Waals surface area contributed by atoms with Gasteiger partial charge in [-0.25, -0.2) is 4.98 Å². The summed E-state index contributed by atoms with van der Waals surface area (Å²) >= 11 is 0. The standard InChI is InChI=1S/C25H44N2/c1-4-5-6-7-8-9-10-11-12-13-14-15-16-17-18-23-21-22(2)24-19-20-27(3)25(24)26-23/h21H,4-20H2,1-3H3. The minimum absolute atomic E-state index is 1.13. The van der Waals surface area contributed by atoms with Gasteiger partial charge in [0.1, 0.15) is 5.82 Å². The van der Waals surface area contributed by atoms with Gasteiger partial charge in [-0.3, -0.25) is 0 Å². The molecule has 0 aromatic carbocycles. The third-order valence-electron chi connectivity index (χ3n) is 6.22. The Balaban J connectivity index is 1.43. The van der Waals surface area contributed by atoms with Crippen LogP contribution in [-0.2, 0) is 12.8 Å². The molecule has 0 amide bonds. The number of hydrogen-bond donors (Lipinski definition) is 0. The average molecular weight is 373 g/mol. The van der Waals surface area contributed by atoms with Crippen LogP contribution in [0.25, 0.3) is 0 Å². The normalized spacial score (nSPS) is 13.4. The molecule has 2 rings (SSSR count). The monoisotopic (exact) mass is 372 g/mol. The SMILES string of the molecule is CCCCCCCCCCCCCCCCc1cc(C)c2c(n1)N(C)CC2. The molecule has 1 aromatic heterocycles. The zero-order valence-corrected chi connectivity index (χ0v) is 18.5. The quantitative estimate of drug-likeness (QED) is 0.298. The Morgan fingerprint density at radius 1 is 0.815 bits per heavy atom. The van der Waals surface area contributed by atoms with Gasteiger partial charge < -0.3 is 4.90 Å². The van der Waals surface area contributed by atoms with E-state index in [4.69, 9.17) is 4.98 Å². The van der Waals surface area contributed by atoms with Crippen molar-refractivity contribution in [2.45, 2.75) is 117 Å². The lowest BCUT2D eigenvalue weighted by Gasteiger charge is -2.13. The zero-order valence-electron chi connectivity index (χ0n) is 18.5. The minimum atomic E-state index is 1.13. The van der Waals surface area contributed by atoms with Crippen molar-refractivity contribution in [3.63, 3.8) is 0 Å². The fourth-order valence-electron chi connectivity index (χ4n) is 4.39. The summed E-state index contributed by atoms with van der Waals surface area (Å²) in [5.74, 6) is 1.25. The summed E-state index contributed by atoms with van der Waals surface area (Å²) in [5.41, 5.74) is 4.23. The molecule has 0 radical (unpaired) electrons. The van der Waals surface area contributed by atoms with Crippen LogP contribution in [0.15, 0.2) is 6.07 Å². The van der Waals surface area contributed by atoms with Crippen molar-refractivity contribution in [1.82, 2.24) is 4.98 Å². The van der Waals surface area contributed by atoms with Crippen molar-refractivity contribution in [3.8, 4) is 0 Å². The molecular weight excluding hydrogens is 328 g/mol. The second-order valence-corrected chi connectivity index (χ2v) is 8.75. The molecule has 1 aromatic rings. The Labute approximate surface area is 169 Å². The maximum absolute atomic E-state index is 4.92. The van der Waals surface area contributed by atoms with Crippen molar-refractivity contribution in [3.05, 3.63) is 22.9 Å². The molecule has 154 valence electrons. The molecule has 0 atom stereocenters. The van der Waals surface area contributed by atoms with Crippen LogP contribution in [-0.4, -0.2) is 18.6 Å². The van der Waals surface area contributed by atoms with Crippen molar-refractivity contribution in [2.24, 2.45) is 0 Å². The maximum Gasteiger partial charge on any atom is 0.132 e. The number of fused-ring (bicyclic) bond motifs is 1. The number of aromatic nitrogens is 1. The molecule has 0 spiro atoms. The largest absolute Gasteiger partial charge is 0.359 e. The molecule has 1 aliphatic rings. The number of likely N-dealkylation sites (N-methyl/N-ethyl adjacent to an activating group) is 1. The molecule has 2 heterocycles. The van der Waals surface area contributed by atoms with Crippen LogP contribution in [0.2, 0.25) is 0 Å². The molecule has 1 aliphatic heterocycles. The number of anilines is 1. The Hall–Kier alpha value is -1.05. The highest BCUT2D eigenvalue weighted by molar-refractivity contribution is 5.55. The summed E-state index contributed by atoms with van der Waals surface area (Å²) in [7, 11) is 2.18. The van der Waals surface area contributed by atoms with Gasteiger partial charge in [-0.05, 0) is 43.4 Å². The van der Waals surface area contributed by atoms with Crippen molar-refractivity contribution in [2.75, 3.05) is 18.5 Å². The van der Waals surface area contributed by atoms with Gasteiger partial charge in [0.2, 0.25) is 0 Å². The van der Waals surface area contributed by atoms with E-state index in [1.54, 1.807) is 0 Å². The first-order valence-corrected chi connectivity index (χ1v) is 11.9. The molecule has 0 aliphatic carbocycles. The molecule has 2 heteroatoms. The van der Waals surface area contributed by atoms with Crippen LogP contribution in [0.1, 0.15) is 114 Å². The molecule has 0 unspecified atom stereocenters. The third kappa shape index (κ3) is 8.23. The smallest absolute Gasteiger partial charge is 0.132 e. The summed E-state index contributed by atoms with van der Waals surface area (Å²) in [6.07, 6.45) is 22.3. The highest BCUT2D eigenvalue weighted by Crippen LogP contribution is 2.28. The predicted octanol–water partition coefficient (Wildman–Crippen LogP) is 7.41. The number of nitrogens with zero attached hydrogens (tertiary/aromatic N) is 2. The van der Waals surface area contributed by atoms with Crippen LogP contribution in [0.5, 0.6) is 0 Å². The Kier molecular flexibility index (Phi) is 10.9. The number of hydrogen-bond acceptors (Lipinski definition) is 2. The third-order valence-corrected chi connectivity index (χ3v) is 6.22. The number of unbranched alkanes of at least 4 members (excludes halogenated alkanes) is 13. The van der Waals surface area contributed by atoms with E-state index in [0.717, 1.165) is 13.0 Å².